The van der Waals surface area contributed by atoms with Crippen LogP contribution in [0.3, 0.4) is 0 Å². The van der Waals surface area contributed by atoms with E-state index in [1.54, 1.807) is 0 Å². The lowest BCUT2D eigenvalue weighted by atomic mass is 9.95. The molecule has 132 valence electrons. The minimum Gasteiger partial charge on any atom is -0.326 e. The number of hydrogen-bond donors (Lipinski definition) is 1. The Hall–Kier alpha value is -1.40. The molecule has 0 aliphatic carbocycles. The summed E-state index contributed by atoms with van der Waals surface area (Å²) in [7, 11) is 0. The summed E-state index contributed by atoms with van der Waals surface area (Å²) in [5.41, 5.74) is 11.2. The molecule has 0 saturated carbocycles. The van der Waals surface area contributed by atoms with E-state index >= 15 is 0 Å². The molecule has 25 heavy (non-hydrogen) atoms. The van der Waals surface area contributed by atoms with Crippen LogP contribution in [-0.4, -0.2) is 33.4 Å². The van der Waals surface area contributed by atoms with Crippen LogP contribution in [-0.2, 0) is 6.54 Å². The molecule has 1 saturated heterocycles. The van der Waals surface area contributed by atoms with Crippen LogP contribution in [0.1, 0.15) is 22.7 Å². The van der Waals surface area contributed by atoms with Gasteiger partial charge in [-0.2, -0.15) is 0 Å². The summed E-state index contributed by atoms with van der Waals surface area (Å²) in [4.78, 5) is 7.01. The van der Waals surface area contributed by atoms with Crippen molar-refractivity contribution in [3.8, 4) is 0 Å². The van der Waals surface area contributed by atoms with Gasteiger partial charge in [-0.1, -0.05) is 30.3 Å². The number of aryl methyl sites for hydroxylation is 1. The van der Waals surface area contributed by atoms with Gasteiger partial charge in [0.2, 0.25) is 0 Å². The van der Waals surface area contributed by atoms with Crippen molar-refractivity contribution < 1.29 is 0 Å². The van der Waals surface area contributed by atoms with Gasteiger partial charge in [0.05, 0.1) is 11.9 Å². The third-order valence-corrected chi connectivity index (χ3v) is 5.32. The molecular weight excluding hydrogens is 400 g/mol. The fourth-order valence-corrected chi connectivity index (χ4v) is 4.25. The maximum Gasteiger partial charge on any atom is 0.139 e. The standard InChI is InChI=1S/C19H21BrN4.ClH/c1-13-7-15(20)9-24-16(8-22-19(13)24)10-23-11-17(18(21)12-23)14-5-3-2-4-6-14;/h2-9,17-18H,10-12,21H2,1H3;1H/t17-,18+;/m0./s1. The van der Waals surface area contributed by atoms with Crippen molar-refractivity contribution in [3.63, 3.8) is 0 Å². The van der Waals surface area contributed by atoms with Gasteiger partial charge in [-0.25, -0.2) is 4.98 Å². The SMILES string of the molecule is Cc1cc(Br)cn2c(CN3C[C@@H](N)[C@H](c4ccccc4)C3)cnc12.Cl. The molecule has 6 heteroatoms. The molecule has 3 heterocycles. The monoisotopic (exact) mass is 420 g/mol. The lowest BCUT2D eigenvalue weighted by molar-refractivity contribution is 0.319. The predicted octanol–water partition coefficient (Wildman–Crippen LogP) is 3.75. The largest absolute Gasteiger partial charge is 0.326 e. The summed E-state index contributed by atoms with van der Waals surface area (Å²) in [6.45, 7) is 4.87. The van der Waals surface area contributed by atoms with Crippen molar-refractivity contribution in [1.29, 1.82) is 0 Å². The average molecular weight is 422 g/mol. The van der Waals surface area contributed by atoms with Gasteiger partial charge >= 0.3 is 0 Å². The summed E-state index contributed by atoms with van der Waals surface area (Å²) < 4.78 is 3.26. The van der Waals surface area contributed by atoms with Crippen molar-refractivity contribution >= 4 is 34.0 Å². The van der Waals surface area contributed by atoms with Crippen LogP contribution in [0.5, 0.6) is 0 Å². The topological polar surface area (TPSA) is 46.6 Å². The molecule has 1 aliphatic heterocycles. The number of rotatable bonds is 3. The van der Waals surface area contributed by atoms with Gasteiger partial charge in [0.25, 0.3) is 0 Å². The molecule has 2 N–H and O–H groups in total. The lowest BCUT2D eigenvalue weighted by Crippen LogP contribution is -2.28. The summed E-state index contributed by atoms with van der Waals surface area (Å²) in [6.07, 6.45) is 4.07. The normalized spacial score (nSPS) is 20.8. The number of imidazole rings is 1. The Morgan fingerprint density at radius 3 is 2.76 bits per heavy atom. The van der Waals surface area contributed by atoms with Crippen molar-refractivity contribution in [3.05, 3.63) is 70.1 Å². The third kappa shape index (κ3) is 3.60. The first-order chi connectivity index (χ1) is 11.6. The number of aromatic nitrogens is 2. The Morgan fingerprint density at radius 1 is 1.24 bits per heavy atom. The molecule has 0 spiro atoms. The first kappa shape index (κ1) is 18.4. The highest BCUT2D eigenvalue weighted by molar-refractivity contribution is 9.10. The second-order valence-corrected chi connectivity index (χ2v) is 7.58. The van der Waals surface area contributed by atoms with Gasteiger partial charge in [0.15, 0.2) is 0 Å². The zero-order valence-corrected chi connectivity index (χ0v) is 16.5. The molecule has 0 amide bonds. The van der Waals surface area contributed by atoms with Crippen LogP contribution in [0.2, 0.25) is 0 Å². The molecular formula is C19H22BrClN4. The Kier molecular flexibility index (Phi) is 5.49. The maximum absolute atomic E-state index is 6.42. The average Bonchev–Trinajstić information content (AvgIpc) is 3.13. The van der Waals surface area contributed by atoms with E-state index in [4.69, 9.17) is 5.73 Å². The minimum atomic E-state index is 0. The highest BCUT2D eigenvalue weighted by atomic mass is 79.9. The van der Waals surface area contributed by atoms with Crippen LogP contribution in [0, 0.1) is 6.92 Å². The summed E-state index contributed by atoms with van der Waals surface area (Å²) in [5.74, 6) is 0.402. The summed E-state index contributed by atoms with van der Waals surface area (Å²) in [6, 6.07) is 12.9. The Balaban J connectivity index is 0.00000182. The van der Waals surface area contributed by atoms with Gasteiger partial charge in [0.1, 0.15) is 5.65 Å². The molecule has 1 aliphatic rings. The van der Waals surface area contributed by atoms with E-state index in [0.29, 0.717) is 5.92 Å². The van der Waals surface area contributed by atoms with E-state index in [-0.39, 0.29) is 18.4 Å². The zero-order chi connectivity index (χ0) is 16.7. The second-order valence-electron chi connectivity index (χ2n) is 6.66. The summed E-state index contributed by atoms with van der Waals surface area (Å²) in [5, 5.41) is 0. The molecule has 4 rings (SSSR count). The highest BCUT2D eigenvalue weighted by Crippen LogP contribution is 2.28. The second kappa shape index (κ2) is 7.46. The van der Waals surface area contributed by atoms with E-state index < -0.39 is 0 Å². The van der Waals surface area contributed by atoms with Crippen molar-refractivity contribution in [2.24, 2.45) is 5.73 Å². The molecule has 2 atom stereocenters. The fraction of sp³-hybridized carbons (Fsp3) is 0.316. The smallest absolute Gasteiger partial charge is 0.139 e. The Bertz CT molecular complexity index is 864. The number of likely N-dealkylation sites (tertiary alicyclic amines) is 1. The van der Waals surface area contributed by atoms with Gasteiger partial charge in [-0.15, -0.1) is 12.4 Å². The number of benzene rings is 1. The number of fused-ring (bicyclic) bond motifs is 1. The summed E-state index contributed by atoms with van der Waals surface area (Å²) >= 11 is 3.58. The zero-order valence-electron chi connectivity index (χ0n) is 14.1. The highest BCUT2D eigenvalue weighted by Gasteiger charge is 2.31. The van der Waals surface area contributed by atoms with E-state index in [9.17, 15) is 0 Å². The van der Waals surface area contributed by atoms with Crippen LogP contribution >= 0.6 is 28.3 Å². The van der Waals surface area contributed by atoms with E-state index in [1.807, 2.05) is 6.20 Å². The van der Waals surface area contributed by atoms with Crippen LogP contribution in [0.25, 0.3) is 5.65 Å². The molecule has 1 aromatic carbocycles. The van der Waals surface area contributed by atoms with Crippen molar-refractivity contribution in [1.82, 2.24) is 14.3 Å². The Labute approximate surface area is 162 Å². The molecule has 2 aromatic heterocycles. The fourth-order valence-electron chi connectivity index (χ4n) is 3.71. The van der Waals surface area contributed by atoms with Gasteiger partial charge < -0.3 is 10.1 Å². The van der Waals surface area contributed by atoms with Crippen LogP contribution in [0.15, 0.2) is 53.3 Å². The molecule has 0 bridgehead atoms. The maximum atomic E-state index is 6.42. The quantitative estimate of drug-likeness (QED) is 0.700. The van der Waals surface area contributed by atoms with Gasteiger partial charge in [0, 0.05) is 42.3 Å². The van der Waals surface area contributed by atoms with Crippen molar-refractivity contribution in [2.45, 2.75) is 25.4 Å². The van der Waals surface area contributed by atoms with E-state index in [2.05, 4.69) is 79.7 Å². The minimum absolute atomic E-state index is 0. The van der Waals surface area contributed by atoms with Crippen LogP contribution < -0.4 is 5.73 Å². The third-order valence-electron chi connectivity index (χ3n) is 4.89. The first-order valence-electron chi connectivity index (χ1n) is 8.27. The first-order valence-corrected chi connectivity index (χ1v) is 9.06. The molecule has 0 radical (unpaired) electrons. The van der Waals surface area contributed by atoms with E-state index in [1.165, 1.54) is 16.8 Å². The Morgan fingerprint density at radius 2 is 2.00 bits per heavy atom. The number of hydrogen-bond acceptors (Lipinski definition) is 3. The number of nitrogens with zero attached hydrogens (tertiary/aromatic N) is 3. The molecule has 0 unspecified atom stereocenters. The van der Waals surface area contributed by atoms with Crippen LogP contribution in [0.4, 0.5) is 0 Å². The lowest BCUT2D eigenvalue weighted by Gasteiger charge is -2.16. The van der Waals surface area contributed by atoms with Gasteiger partial charge in [-0.3, -0.25) is 4.90 Å². The van der Waals surface area contributed by atoms with Gasteiger partial charge in [-0.05, 0) is 40.0 Å². The number of halogens is 2. The predicted molar refractivity (Wildman–Crippen MR) is 107 cm³/mol. The molecule has 3 aromatic rings. The number of nitrogens with two attached hydrogens (primary N) is 1. The molecule has 1 fully saturated rings. The number of pyridine rings is 1. The van der Waals surface area contributed by atoms with E-state index in [0.717, 1.165) is 29.8 Å². The molecule has 4 nitrogen and oxygen atoms in total. The van der Waals surface area contributed by atoms with Crippen molar-refractivity contribution in [2.75, 3.05) is 13.1 Å².